The number of pyridine rings is 1. The fourth-order valence-electron chi connectivity index (χ4n) is 1.70. The van der Waals surface area contributed by atoms with Gasteiger partial charge in [0.05, 0.1) is 4.47 Å². The van der Waals surface area contributed by atoms with Crippen LogP contribution in [0.5, 0.6) is 0 Å². The van der Waals surface area contributed by atoms with Gasteiger partial charge in [-0.2, -0.15) is 0 Å². The summed E-state index contributed by atoms with van der Waals surface area (Å²) in [5.74, 6) is 1.00. The lowest BCUT2D eigenvalue weighted by molar-refractivity contribution is -0.117. The molecule has 0 saturated carbocycles. The van der Waals surface area contributed by atoms with Gasteiger partial charge in [0, 0.05) is 29.6 Å². The number of rotatable bonds is 2. The highest BCUT2D eigenvalue weighted by atomic mass is 79.9. The molecule has 0 radical (unpaired) electrons. The zero-order valence-electron chi connectivity index (χ0n) is 8.49. The van der Waals surface area contributed by atoms with Crippen molar-refractivity contribution in [3.63, 3.8) is 0 Å². The quantitative estimate of drug-likeness (QED) is 0.771. The molecule has 1 atom stereocenters. The van der Waals surface area contributed by atoms with E-state index in [9.17, 15) is 4.79 Å². The summed E-state index contributed by atoms with van der Waals surface area (Å²) in [7, 11) is 0. The maximum absolute atomic E-state index is 11.8. The summed E-state index contributed by atoms with van der Waals surface area (Å²) in [6.45, 7) is 4.39. The minimum atomic E-state index is 0.0976. The predicted octanol–water partition coefficient (Wildman–Crippen LogP) is 3.15. The minimum Gasteiger partial charge on any atom is -0.295 e. The van der Waals surface area contributed by atoms with Crippen LogP contribution in [0.25, 0.3) is 0 Å². The first-order valence-corrected chi connectivity index (χ1v) is 6.44. The zero-order valence-corrected chi connectivity index (χ0v) is 11.7. The van der Waals surface area contributed by atoms with Crippen molar-refractivity contribution in [2.75, 3.05) is 11.4 Å². The number of anilines is 1. The van der Waals surface area contributed by atoms with Gasteiger partial charge in [-0.15, -0.1) is 6.58 Å². The Morgan fingerprint density at radius 1 is 1.56 bits per heavy atom. The van der Waals surface area contributed by atoms with Crippen LogP contribution >= 0.6 is 31.9 Å². The molecule has 84 valence electrons. The SMILES string of the molecule is C=CC1CC(=O)N(c2ncc(Br)cc2Br)C1. The Balaban J connectivity index is 2.31. The zero-order chi connectivity index (χ0) is 11.7. The van der Waals surface area contributed by atoms with Gasteiger partial charge in [0.15, 0.2) is 0 Å². The molecule has 1 unspecified atom stereocenters. The van der Waals surface area contributed by atoms with Crippen molar-refractivity contribution in [1.82, 2.24) is 4.98 Å². The molecular formula is C11H10Br2N2O. The highest BCUT2D eigenvalue weighted by molar-refractivity contribution is 9.11. The molecule has 1 aromatic rings. The summed E-state index contributed by atoms with van der Waals surface area (Å²) in [6.07, 6.45) is 4.03. The van der Waals surface area contributed by atoms with Crippen molar-refractivity contribution < 1.29 is 4.79 Å². The molecule has 3 nitrogen and oxygen atoms in total. The van der Waals surface area contributed by atoms with Crippen LogP contribution in [0.15, 0.2) is 33.9 Å². The summed E-state index contributed by atoms with van der Waals surface area (Å²) in [6, 6.07) is 1.89. The number of carbonyl (C=O) groups excluding carboxylic acids is 1. The Labute approximate surface area is 111 Å². The van der Waals surface area contributed by atoms with Gasteiger partial charge in [-0.1, -0.05) is 6.08 Å². The third-order valence-electron chi connectivity index (χ3n) is 2.53. The maximum Gasteiger partial charge on any atom is 0.228 e. The third-order valence-corrected chi connectivity index (χ3v) is 3.55. The fraction of sp³-hybridized carbons (Fsp3) is 0.273. The Kier molecular flexibility index (Phi) is 3.44. The van der Waals surface area contributed by atoms with Gasteiger partial charge >= 0.3 is 0 Å². The molecule has 1 amide bonds. The molecule has 0 bridgehead atoms. The van der Waals surface area contributed by atoms with Crippen molar-refractivity contribution in [2.24, 2.45) is 5.92 Å². The van der Waals surface area contributed by atoms with E-state index in [1.807, 2.05) is 12.1 Å². The highest BCUT2D eigenvalue weighted by Gasteiger charge is 2.30. The van der Waals surface area contributed by atoms with E-state index < -0.39 is 0 Å². The molecule has 16 heavy (non-hydrogen) atoms. The Bertz CT molecular complexity index is 448. The molecule has 0 aromatic carbocycles. The normalized spacial score (nSPS) is 20.2. The number of aromatic nitrogens is 1. The van der Waals surface area contributed by atoms with E-state index in [-0.39, 0.29) is 11.8 Å². The van der Waals surface area contributed by atoms with E-state index in [1.54, 1.807) is 11.1 Å². The number of nitrogens with zero attached hydrogens (tertiary/aromatic N) is 2. The van der Waals surface area contributed by atoms with Crippen LogP contribution in [0.4, 0.5) is 5.82 Å². The van der Waals surface area contributed by atoms with E-state index >= 15 is 0 Å². The number of amides is 1. The van der Waals surface area contributed by atoms with E-state index in [0.717, 1.165) is 8.95 Å². The lowest BCUT2D eigenvalue weighted by Crippen LogP contribution is -2.25. The van der Waals surface area contributed by atoms with Crippen molar-refractivity contribution >= 4 is 43.6 Å². The first kappa shape index (κ1) is 11.8. The molecule has 5 heteroatoms. The average molecular weight is 346 g/mol. The van der Waals surface area contributed by atoms with E-state index in [2.05, 4.69) is 43.4 Å². The number of hydrogen-bond acceptors (Lipinski definition) is 2. The van der Waals surface area contributed by atoms with Gasteiger partial charge in [-0.3, -0.25) is 9.69 Å². The summed E-state index contributed by atoms with van der Waals surface area (Å²) in [4.78, 5) is 17.7. The van der Waals surface area contributed by atoms with Crippen LogP contribution < -0.4 is 4.90 Å². The molecule has 0 spiro atoms. The molecule has 2 rings (SSSR count). The molecule has 1 aliphatic heterocycles. The summed E-state index contributed by atoms with van der Waals surface area (Å²) >= 11 is 6.75. The average Bonchev–Trinajstić information content (AvgIpc) is 2.60. The second-order valence-corrected chi connectivity index (χ2v) is 5.43. The van der Waals surface area contributed by atoms with Crippen LogP contribution in [-0.2, 0) is 4.79 Å². The summed E-state index contributed by atoms with van der Waals surface area (Å²) < 4.78 is 1.70. The largest absolute Gasteiger partial charge is 0.295 e. The molecular weight excluding hydrogens is 336 g/mol. The molecule has 1 aromatic heterocycles. The van der Waals surface area contributed by atoms with Crippen LogP contribution in [0.1, 0.15) is 6.42 Å². The summed E-state index contributed by atoms with van der Waals surface area (Å²) in [5, 5.41) is 0. The second kappa shape index (κ2) is 4.67. The number of carbonyl (C=O) groups is 1. The van der Waals surface area contributed by atoms with Crippen molar-refractivity contribution in [2.45, 2.75) is 6.42 Å². The maximum atomic E-state index is 11.8. The van der Waals surface area contributed by atoms with Crippen molar-refractivity contribution in [3.05, 3.63) is 33.9 Å². The van der Waals surface area contributed by atoms with Gasteiger partial charge in [0.2, 0.25) is 5.91 Å². The van der Waals surface area contributed by atoms with E-state index in [0.29, 0.717) is 18.8 Å². The fourth-order valence-corrected chi connectivity index (χ4v) is 2.91. The second-order valence-electron chi connectivity index (χ2n) is 3.66. The standard InChI is InChI=1S/C11H10Br2N2O/c1-2-7-3-10(16)15(6-7)11-9(13)4-8(12)5-14-11/h2,4-5,7H,1,3,6H2. The Morgan fingerprint density at radius 2 is 2.31 bits per heavy atom. The van der Waals surface area contributed by atoms with E-state index in [4.69, 9.17) is 0 Å². The van der Waals surface area contributed by atoms with Gasteiger partial charge in [0.25, 0.3) is 0 Å². The molecule has 1 aliphatic rings. The molecule has 0 N–H and O–H groups in total. The van der Waals surface area contributed by atoms with Crippen molar-refractivity contribution in [3.8, 4) is 0 Å². The smallest absolute Gasteiger partial charge is 0.228 e. The molecule has 1 fully saturated rings. The van der Waals surface area contributed by atoms with Crippen LogP contribution in [0.3, 0.4) is 0 Å². The molecule has 2 heterocycles. The molecule has 0 aliphatic carbocycles. The topological polar surface area (TPSA) is 33.2 Å². The van der Waals surface area contributed by atoms with Gasteiger partial charge < -0.3 is 0 Å². The predicted molar refractivity (Wildman–Crippen MR) is 70.3 cm³/mol. The van der Waals surface area contributed by atoms with Crippen LogP contribution in [-0.4, -0.2) is 17.4 Å². The van der Waals surface area contributed by atoms with Gasteiger partial charge in [-0.05, 0) is 37.9 Å². The first-order valence-electron chi connectivity index (χ1n) is 4.85. The van der Waals surface area contributed by atoms with Gasteiger partial charge in [-0.25, -0.2) is 4.98 Å². The van der Waals surface area contributed by atoms with Crippen LogP contribution in [0.2, 0.25) is 0 Å². The number of halogens is 2. The lowest BCUT2D eigenvalue weighted by Gasteiger charge is -2.16. The minimum absolute atomic E-state index is 0.0976. The Hall–Kier alpha value is -0.680. The lowest BCUT2D eigenvalue weighted by atomic mass is 10.1. The summed E-state index contributed by atoms with van der Waals surface area (Å²) in [5.41, 5.74) is 0. The number of hydrogen-bond donors (Lipinski definition) is 0. The Morgan fingerprint density at radius 3 is 2.88 bits per heavy atom. The monoisotopic (exact) mass is 344 g/mol. The molecule has 1 saturated heterocycles. The van der Waals surface area contributed by atoms with Crippen LogP contribution in [0, 0.1) is 5.92 Å². The van der Waals surface area contributed by atoms with Crippen molar-refractivity contribution in [1.29, 1.82) is 0 Å². The first-order chi connectivity index (χ1) is 7.61. The van der Waals surface area contributed by atoms with E-state index in [1.165, 1.54) is 0 Å². The third kappa shape index (κ3) is 2.20. The highest BCUT2D eigenvalue weighted by Crippen LogP contribution is 2.31. The van der Waals surface area contributed by atoms with Gasteiger partial charge in [0.1, 0.15) is 5.82 Å².